The van der Waals surface area contributed by atoms with Crippen LogP contribution < -0.4 is 5.32 Å². The summed E-state index contributed by atoms with van der Waals surface area (Å²) >= 11 is 1.36. The van der Waals surface area contributed by atoms with Gasteiger partial charge in [-0.05, 0) is 61.6 Å². The van der Waals surface area contributed by atoms with E-state index >= 15 is 0 Å². The van der Waals surface area contributed by atoms with E-state index < -0.39 is 0 Å². The summed E-state index contributed by atoms with van der Waals surface area (Å²) in [7, 11) is 0. The minimum atomic E-state index is -0.291. The summed E-state index contributed by atoms with van der Waals surface area (Å²) in [5.41, 5.74) is 2.43. The molecule has 0 radical (unpaired) electrons. The molecule has 3 nitrogen and oxygen atoms in total. The molecule has 24 heavy (non-hydrogen) atoms. The number of aliphatic hydroxyl groups is 1. The summed E-state index contributed by atoms with van der Waals surface area (Å²) in [4.78, 5) is 13.3. The van der Waals surface area contributed by atoms with Gasteiger partial charge in [-0.1, -0.05) is 29.5 Å². The molecule has 2 rings (SSSR count). The van der Waals surface area contributed by atoms with E-state index in [0.717, 1.165) is 16.1 Å². The van der Waals surface area contributed by atoms with E-state index in [1.54, 1.807) is 17.5 Å². The maximum absolute atomic E-state index is 12.9. The van der Waals surface area contributed by atoms with Gasteiger partial charge in [-0.15, -0.1) is 0 Å². The molecule has 0 heterocycles. The fraction of sp³-hybridized carbons (Fsp3) is 0.211. The quantitative estimate of drug-likeness (QED) is 0.573. The fourth-order valence-corrected chi connectivity index (χ4v) is 2.79. The number of nitrogens with one attached hydrogen (secondary N) is 1. The molecule has 126 valence electrons. The Hall–Kier alpha value is -2.11. The summed E-state index contributed by atoms with van der Waals surface area (Å²) < 4.78 is 12.9. The van der Waals surface area contributed by atoms with Crippen molar-refractivity contribution in [3.63, 3.8) is 0 Å². The van der Waals surface area contributed by atoms with Crippen molar-refractivity contribution < 1.29 is 14.3 Å². The SMILES string of the molecule is Cc1ccc(NC(=O)/C(=C\Sc2ccc(F)cc2)CCCO)cc1. The number of aryl methyl sites for hydroxylation is 1. The Morgan fingerprint density at radius 1 is 1.17 bits per heavy atom. The largest absolute Gasteiger partial charge is 0.396 e. The molecule has 5 heteroatoms. The third-order valence-corrected chi connectivity index (χ3v) is 4.30. The number of thioether (sulfide) groups is 1. The van der Waals surface area contributed by atoms with E-state index in [-0.39, 0.29) is 18.3 Å². The molecule has 0 aliphatic rings. The smallest absolute Gasteiger partial charge is 0.252 e. The number of carbonyl (C=O) groups is 1. The van der Waals surface area contributed by atoms with E-state index in [1.807, 2.05) is 31.2 Å². The maximum Gasteiger partial charge on any atom is 0.252 e. The number of hydrogen-bond donors (Lipinski definition) is 2. The third kappa shape index (κ3) is 5.83. The van der Waals surface area contributed by atoms with E-state index in [0.29, 0.717) is 18.4 Å². The van der Waals surface area contributed by atoms with Gasteiger partial charge in [-0.25, -0.2) is 4.39 Å². The molecule has 0 aliphatic carbocycles. The number of anilines is 1. The molecule has 0 unspecified atom stereocenters. The van der Waals surface area contributed by atoms with Gasteiger partial charge in [-0.2, -0.15) is 0 Å². The normalized spacial score (nSPS) is 11.4. The van der Waals surface area contributed by atoms with Crippen molar-refractivity contribution in [1.82, 2.24) is 0 Å². The maximum atomic E-state index is 12.9. The Morgan fingerprint density at radius 2 is 1.83 bits per heavy atom. The Morgan fingerprint density at radius 3 is 2.46 bits per heavy atom. The second-order valence-electron chi connectivity index (χ2n) is 5.36. The van der Waals surface area contributed by atoms with Gasteiger partial charge >= 0.3 is 0 Å². The van der Waals surface area contributed by atoms with Gasteiger partial charge in [0.05, 0.1) is 0 Å². The average molecular weight is 345 g/mol. The molecule has 0 saturated carbocycles. The van der Waals surface area contributed by atoms with Crippen LogP contribution in [0.1, 0.15) is 18.4 Å². The molecule has 0 fully saturated rings. The summed E-state index contributed by atoms with van der Waals surface area (Å²) in [6.45, 7) is 2.01. The summed E-state index contributed by atoms with van der Waals surface area (Å²) in [6.07, 6.45) is 0.986. The lowest BCUT2D eigenvalue weighted by molar-refractivity contribution is -0.113. The van der Waals surface area contributed by atoms with Gasteiger partial charge in [0.25, 0.3) is 5.91 Å². The highest BCUT2D eigenvalue weighted by molar-refractivity contribution is 8.02. The van der Waals surface area contributed by atoms with Gasteiger partial charge < -0.3 is 10.4 Å². The Labute approximate surface area is 145 Å². The van der Waals surface area contributed by atoms with E-state index in [1.165, 1.54) is 23.9 Å². The van der Waals surface area contributed by atoms with Crippen LogP contribution in [0.3, 0.4) is 0 Å². The lowest BCUT2D eigenvalue weighted by atomic mass is 10.1. The van der Waals surface area contributed by atoms with Crippen LogP contribution in [-0.4, -0.2) is 17.6 Å². The van der Waals surface area contributed by atoms with Crippen molar-refractivity contribution in [1.29, 1.82) is 0 Å². The number of rotatable bonds is 7. The molecule has 0 saturated heterocycles. The van der Waals surface area contributed by atoms with Crippen molar-refractivity contribution >= 4 is 23.4 Å². The zero-order valence-corrected chi connectivity index (χ0v) is 14.3. The van der Waals surface area contributed by atoms with Gasteiger partial charge in [0.1, 0.15) is 5.82 Å². The van der Waals surface area contributed by atoms with Crippen LogP contribution in [-0.2, 0) is 4.79 Å². The predicted octanol–water partition coefficient (Wildman–Crippen LogP) is 4.52. The van der Waals surface area contributed by atoms with E-state index in [9.17, 15) is 9.18 Å². The van der Waals surface area contributed by atoms with Crippen LogP contribution in [0.2, 0.25) is 0 Å². The lowest BCUT2D eigenvalue weighted by Gasteiger charge is -2.09. The minimum Gasteiger partial charge on any atom is -0.396 e. The number of amides is 1. The number of carbonyl (C=O) groups excluding carboxylic acids is 1. The lowest BCUT2D eigenvalue weighted by Crippen LogP contribution is -2.14. The molecule has 0 atom stereocenters. The van der Waals surface area contributed by atoms with Gasteiger partial charge in [0.15, 0.2) is 0 Å². The Bertz CT molecular complexity index is 696. The third-order valence-electron chi connectivity index (χ3n) is 3.36. The zero-order chi connectivity index (χ0) is 17.4. The number of benzene rings is 2. The molecule has 2 aromatic carbocycles. The zero-order valence-electron chi connectivity index (χ0n) is 13.5. The summed E-state index contributed by atoms with van der Waals surface area (Å²) in [5.74, 6) is -0.483. The second-order valence-corrected chi connectivity index (χ2v) is 6.30. The van der Waals surface area contributed by atoms with Crippen molar-refractivity contribution in [3.8, 4) is 0 Å². The number of hydrogen-bond acceptors (Lipinski definition) is 3. The molecular formula is C19H20FNO2S. The van der Waals surface area contributed by atoms with Crippen molar-refractivity contribution in [2.45, 2.75) is 24.7 Å². The summed E-state index contributed by atoms with van der Waals surface area (Å²) in [5, 5.41) is 13.6. The Balaban J connectivity index is 2.07. The predicted molar refractivity (Wildman–Crippen MR) is 96.5 cm³/mol. The van der Waals surface area contributed by atoms with Gasteiger partial charge in [0.2, 0.25) is 0 Å². The van der Waals surface area contributed by atoms with E-state index in [2.05, 4.69) is 5.32 Å². The average Bonchev–Trinajstić information content (AvgIpc) is 2.58. The first-order valence-corrected chi connectivity index (χ1v) is 8.56. The van der Waals surface area contributed by atoms with Crippen LogP contribution in [0.25, 0.3) is 0 Å². The first-order chi connectivity index (χ1) is 11.6. The highest BCUT2D eigenvalue weighted by atomic mass is 32.2. The fourth-order valence-electron chi connectivity index (χ4n) is 2.00. The number of halogens is 1. The van der Waals surface area contributed by atoms with Crippen molar-refractivity contribution in [2.24, 2.45) is 0 Å². The second kappa shape index (κ2) is 9.25. The van der Waals surface area contributed by atoms with Crippen LogP contribution in [0.5, 0.6) is 0 Å². The monoisotopic (exact) mass is 345 g/mol. The molecular weight excluding hydrogens is 325 g/mol. The van der Waals surface area contributed by atoms with Crippen molar-refractivity contribution in [2.75, 3.05) is 11.9 Å². The van der Waals surface area contributed by atoms with Gasteiger partial charge in [0, 0.05) is 22.8 Å². The standard InChI is InChI=1S/C19H20FNO2S/c1-14-4-8-17(9-5-14)21-19(23)15(3-2-12-22)13-24-18-10-6-16(20)7-11-18/h4-11,13,22H,2-3,12H2,1H3,(H,21,23)/b15-13-. The molecule has 2 N–H and O–H groups in total. The topological polar surface area (TPSA) is 49.3 Å². The van der Waals surface area contributed by atoms with Crippen LogP contribution in [0, 0.1) is 12.7 Å². The Kier molecular flexibility index (Phi) is 7.03. The first-order valence-electron chi connectivity index (χ1n) is 7.68. The van der Waals surface area contributed by atoms with Gasteiger partial charge in [-0.3, -0.25) is 4.79 Å². The summed E-state index contributed by atoms with van der Waals surface area (Å²) in [6, 6.07) is 13.7. The molecule has 0 spiro atoms. The molecule has 0 bridgehead atoms. The van der Waals surface area contributed by atoms with Crippen LogP contribution in [0.15, 0.2) is 64.4 Å². The minimum absolute atomic E-state index is 0.0242. The highest BCUT2D eigenvalue weighted by Gasteiger charge is 2.10. The van der Waals surface area contributed by atoms with Crippen LogP contribution >= 0.6 is 11.8 Å². The molecule has 0 aromatic heterocycles. The molecule has 2 aromatic rings. The molecule has 0 aliphatic heterocycles. The van der Waals surface area contributed by atoms with Crippen LogP contribution in [0.4, 0.5) is 10.1 Å². The first kappa shape index (κ1) is 18.2. The number of aliphatic hydroxyl groups excluding tert-OH is 1. The highest BCUT2D eigenvalue weighted by Crippen LogP contribution is 2.23. The van der Waals surface area contributed by atoms with E-state index in [4.69, 9.17) is 5.11 Å². The van der Waals surface area contributed by atoms with Crippen molar-refractivity contribution in [3.05, 3.63) is 70.9 Å². The molecule has 1 amide bonds.